The van der Waals surface area contributed by atoms with Gasteiger partial charge in [0.25, 0.3) is 0 Å². The molecule has 0 unspecified atom stereocenters. The Morgan fingerprint density at radius 2 is 1.80 bits per heavy atom. The molecule has 1 aromatic rings. The zero-order valence-electron chi connectivity index (χ0n) is 15.0. The summed E-state index contributed by atoms with van der Waals surface area (Å²) in [5.41, 5.74) is 1.88. The number of nitrogens with one attached hydrogen (secondary N) is 2. The molecule has 2 N–H and O–H groups in total. The van der Waals surface area contributed by atoms with Crippen molar-refractivity contribution in [2.45, 2.75) is 6.92 Å². The van der Waals surface area contributed by atoms with Crippen LogP contribution in [0, 0.1) is 6.92 Å². The standard InChI is InChI=1S/C17H23N3O5/c1-11-6-7-12(8-13(11)19-15(21)10-20(2)3)18-14(17(23)25-5)9-16(22)24-4/h6-9,18H,10H2,1-5H3,(H,19,21)/b14-9+. The molecule has 0 aliphatic rings. The van der Waals surface area contributed by atoms with E-state index in [0.717, 1.165) is 11.6 Å². The van der Waals surface area contributed by atoms with Crippen LogP contribution < -0.4 is 10.6 Å². The van der Waals surface area contributed by atoms with Crippen LogP contribution in [0.4, 0.5) is 11.4 Å². The quantitative estimate of drug-likeness (QED) is 0.563. The molecule has 8 nitrogen and oxygen atoms in total. The highest BCUT2D eigenvalue weighted by Gasteiger charge is 2.14. The minimum atomic E-state index is -0.718. The third-order valence-corrected chi connectivity index (χ3v) is 3.12. The maximum absolute atomic E-state index is 11.9. The van der Waals surface area contributed by atoms with Gasteiger partial charge in [-0.15, -0.1) is 0 Å². The second-order valence-corrected chi connectivity index (χ2v) is 5.51. The zero-order valence-corrected chi connectivity index (χ0v) is 15.0. The van der Waals surface area contributed by atoms with Crippen molar-refractivity contribution >= 4 is 29.2 Å². The van der Waals surface area contributed by atoms with Gasteiger partial charge in [-0.25, -0.2) is 9.59 Å². The molecule has 0 bridgehead atoms. The van der Waals surface area contributed by atoms with Gasteiger partial charge in [0.15, 0.2) is 0 Å². The Kier molecular flexibility index (Phi) is 7.61. The maximum atomic E-state index is 11.9. The third-order valence-electron chi connectivity index (χ3n) is 3.12. The molecule has 1 aromatic carbocycles. The smallest absolute Gasteiger partial charge is 0.354 e. The largest absolute Gasteiger partial charge is 0.466 e. The van der Waals surface area contributed by atoms with Gasteiger partial charge in [0.05, 0.1) is 26.8 Å². The van der Waals surface area contributed by atoms with Gasteiger partial charge >= 0.3 is 11.9 Å². The van der Waals surface area contributed by atoms with Gasteiger partial charge in [0.2, 0.25) is 5.91 Å². The number of rotatable bonds is 7. The van der Waals surface area contributed by atoms with Crippen molar-refractivity contribution in [3.63, 3.8) is 0 Å². The summed E-state index contributed by atoms with van der Waals surface area (Å²) < 4.78 is 9.16. The predicted octanol–water partition coefficient (Wildman–Crippen LogP) is 1.14. The lowest BCUT2D eigenvalue weighted by Crippen LogP contribution is -2.27. The molecule has 0 aromatic heterocycles. The maximum Gasteiger partial charge on any atom is 0.354 e. The van der Waals surface area contributed by atoms with Gasteiger partial charge in [-0.05, 0) is 38.7 Å². The van der Waals surface area contributed by atoms with Crippen molar-refractivity contribution in [1.29, 1.82) is 0 Å². The molecular formula is C17H23N3O5. The van der Waals surface area contributed by atoms with E-state index >= 15 is 0 Å². The Labute approximate surface area is 146 Å². The van der Waals surface area contributed by atoms with Crippen molar-refractivity contribution in [3.05, 3.63) is 35.5 Å². The molecule has 0 saturated carbocycles. The predicted molar refractivity (Wildman–Crippen MR) is 94.1 cm³/mol. The van der Waals surface area contributed by atoms with Crippen LogP contribution >= 0.6 is 0 Å². The summed E-state index contributed by atoms with van der Waals surface area (Å²) in [6.45, 7) is 2.09. The molecule has 1 amide bonds. The van der Waals surface area contributed by atoms with Crippen molar-refractivity contribution < 1.29 is 23.9 Å². The average Bonchev–Trinajstić information content (AvgIpc) is 2.55. The lowest BCUT2D eigenvalue weighted by atomic mass is 10.1. The van der Waals surface area contributed by atoms with E-state index in [9.17, 15) is 14.4 Å². The van der Waals surface area contributed by atoms with E-state index in [4.69, 9.17) is 0 Å². The van der Waals surface area contributed by atoms with E-state index in [1.165, 1.54) is 14.2 Å². The van der Waals surface area contributed by atoms with Gasteiger partial charge in [0.1, 0.15) is 5.70 Å². The van der Waals surface area contributed by atoms with Crippen LogP contribution in [-0.4, -0.2) is 57.6 Å². The molecule has 136 valence electrons. The molecule has 0 saturated heterocycles. The number of likely N-dealkylation sites (N-methyl/N-ethyl adjacent to an activating group) is 1. The summed E-state index contributed by atoms with van der Waals surface area (Å²) in [5.74, 6) is -1.58. The molecule has 0 aliphatic heterocycles. The number of hydrogen-bond donors (Lipinski definition) is 2. The topological polar surface area (TPSA) is 97.0 Å². The summed E-state index contributed by atoms with van der Waals surface area (Å²) in [5, 5.41) is 5.60. The lowest BCUT2D eigenvalue weighted by Gasteiger charge is -2.14. The Balaban J connectivity index is 3.03. The number of amides is 1. The Hall–Kier alpha value is -2.87. The highest BCUT2D eigenvalue weighted by atomic mass is 16.5. The Morgan fingerprint density at radius 1 is 1.12 bits per heavy atom. The number of carbonyl (C=O) groups is 3. The van der Waals surface area contributed by atoms with E-state index in [1.807, 2.05) is 6.92 Å². The van der Waals surface area contributed by atoms with E-state index in [0.29, 0.717) is 11.4 Å². The molecule has 0 spiro atoms. The normalized spacial score (nSPS) is 11.0. The van der Waals surface area contributed by atoms with Crippen molar-refractivity contribution in [2.24, 2.45) is 0 Å². The first-order valence-corrected chi connectivity index (χ1v) is 7.47. The molecule has 25 heavy (non-hydrogen) atoms. The molecule has 8 heteroatoms. The Bertz CT molecular complexity index is 683. The molecule has 1 rings (SSSR count). The zero-order chi connectivity index (χ0) is 19.0. The second-order valence-electron chi connectivity index (χ2n) is 5.51. The SMILES string of the molecule is COC(=O)/C=C(/Nc1ccc(C)c(NC(=O)CN(C)C)c1)C(=O)OC. The molecule has 0 radical (unpaired) electrons. The fourth-order valence-corrected chi connectivity index (χ4v) is 1.90. The van der Waals surface area contributed by atoms with Crippen LogP contribution in [0.2, 0.25) is 0 Å². The first kappa shape index (κ1) is 20.2. The van der Waals surface area contributed by atoms with Crippen molar-refractivity contribution in [1.82, 2.24) is 4.90 Å². The molecule has 0 fully saturated rings. The number of aryl methyl sites for hydroxylation is 1. The number of anilines is 2. The van der Waals surface area contributed by atoms with Crippen molar-refractivity contribution in [3.8, 4) is 0 Å². The van der Waals surface area contributed by atoms with Crippen LogP contribution in [0.15, 0.2) is 30.0 Å². The minimum Gasteiger partial charge on any atom is -0.466 e. The monoisotopic (exact) mass is 349 g/mol. The van der Waals surface area contributed by atoms with Gasteiger partial charge in [-0.1, -0.05) is 6.07 Å². The highest BCUT2D eigenvalue weighted by molar-refractivity contribution is 5.99. The summed E-state index contributed by atoms with van der Waals surface area (Å²) in [4.78, 5) is 36.9. The third kappa shape index (κ3) is 6.64. The average molecular weight is 349 g/mol. The van der Waals surface area contributed by atoms with Crippen LogP contribution in [0.25, 0.3) is 0 Å². The molecular weight excluding hydrogens is 326 g/mol. The van der Waals surface area contributed by atoms with Crippen LogP contribution in [0.5, 0.6) is 0 Å². The number of ether oxygens (including phenoxy) is 2. The van der Waals surface area contributed by atoms with Crippen molar-refractivity contribution in [2.75, 3.05) is 45.5 Å². The number of nitrogens with zero attached hydrogens (tertiary/aromatic N) is 1. The van der Waals surface area contributed by atoms with Crippen LogP contribution in [0.1, 0.15) is 5.56 Å². The minimum absolute atomic E-state index is 0.0798. The van der Waals surface area contributed by atoms with E-state index in [1.54, 1.807) is 37.2 Å². The number of methoxy groups -OCH3 is 2. The first-order chi connectivity index (χ1) is 11.8. The number of carbonyl (C=O) groups excluding carboxylic acids is 3. The second kappa shape index (κ2) is 9.43. The van der Waals surface area contributed by atoms with E-state index in [2.05, 4.69) is 20.1 Å². The van der Waals surface area contributed by atoms with Crippen LogP contribution in [-0.2, 0) is 23.9 Å². The number of hydrogen-bond acceptors (Lipinski definition) is 7. The van der Waals surface area contributed by atoms with Gasteiger partial charge in [-0.3, -0.25) is 4.79 Å². The summed E-state index contributed by atoms with van der Waals surface area (Å²) in [7, 11) is 6.00. The number of esters is 2. The Morgan fingerprint density at radius 3 is 2.36 bits per heavy atom. The van der Waals surface area contributed by atoms with E-state index in [-0.39, 0.29) is 18.1 Å². The lowest BCUT2D eigenvalue weighted by molar-refractivity contribution is -0.138. The first-order valence-electron chi connectivity index (χ1n) is 7.47. The highest BCUT2D eigenvalue weighted by Crippen LogP contribution is 2.21. The fraction of sp³-hybridized carbons (Fsp3) is 0.353. The van der Waals surface area contributed by atoms with E-state index < -0.39 is 11.9 Å². The molecule has 0 heterocycles. The summed E-state index contributed by atoms with van der Waals surface area (Å²) >= 11 is 0. The fourth-order valence-electron chi connectivity index (χ4n) is 1.90. The number of benzene rings is 1. The van der Waals surface area contributed by atoms with Gasteiger partial charge in [0, 0.05) is 11.4 Å². The van der Waals surface area contributed by atoms with Gasteiger partial charge in [-0.2, -0.15) is 0 Å². The van der Waals surface area contributed by atoms with Crippen LogP contribution in [0.3, 0.4) is 0 Å². The summed E-state index contributed by atoms with van der Waals surface area (Å²) in [6, 6.07) is 5.16. The molecule has 0 atom stereocenters. The summed E-state index contributed by atoms with van der Waals surface area (Å²) in [6.07, 6.45) is 0.996. The van der Waals surface area contributed by atoms with Gasteiger partial charge < -0.3 is 25.0 Å². The molecule has 0 aliphatic carbocycles.